The molecule has 3 heteroatoms. The molecule has 0 saturated carbocycles. The maximum atomic E-state index is 11.6. The molecule has 1 N–H and O–H groups in total. The zero-order valence-corrected chi connectivity index (χ0v) is 12.7. The zero-order chi connectivity index (χ0) is 13.6. The summed E-state index contributed by atoms with van der Waals surface area (Å²) in [5.41, 5.74) is 3.69. The Balaban J connectivity index is 1.94. The van der Waals surface area contributed by atoms with E-state index >= 15 is 0 Å². The van der Waals surface area contributed by atoms with Crippen molar-refractivity contribution in [2.24, 2.45) is 0 Å². The number of hydrogen-bond donors (Lipinski definition) is 1. The average Bonchev–Trinajstić information content (AvgIpc) is 2.80. The van der Waals surface area contributed by atoms with E-state index in [1.54, 1.807) is 0 Å². The van der Waals surface area contributed by atoms with Crippen LogP contribution < -0.4 is 0 Å². The van der Waals surface area contributed by atoms with Crippen LogP contribution in [-0.2, 0) is 5.60 Å². The summed E-state index contributed by atoms with van der Waals surface area (Å²) < 4.78 is 0.195. The fourth-order valence-electron chi connectivity index (χ4n) is 3.23. The number of hydrogen-bond acceptors (Lipinski definition) is 3. The Kier molecular flexibility index (Phi) is 3.09. The van der Waals surface area contributed by atoms with E-state index < -0.39 is 5.60 Å². The van der Waals surface area contributed by atoms with Gasteiger partial charge in [0.2, 0.25) is 0 Å². The van der Waals surface area contributed by atoms with E-state index in [0.717, 1.165) is 22.6 Å². The third-order valence-corrected chi connectivity index (χ3v) is 7.29. The fraction of sp³-hybridized carbons (Fsp3) is 0.294. The molecule has 1 heterocycles. The Hall–Kier alpha value is -0.900. The van der Waals surface area contributed by atoms with Crippen molar-refractivity contribution >= 4 is 23.5 Å². The predicted octanol–water partition coefficient (Wildman–Crippen LogP) is 4.10. The summed E-state index contributed by atoms with van der Waals surface area (Å²) in [6.07, 6.45) is 1.24. The molecule has 2 aliphatic rings. The molecule has 2 aromatic rings. The van der Waals surface area contributed by atoms with Gasteiger partial charge in [0.1, 0.15) is 5.60 Å². The predicted molar refractivity (Wildman–Crippen MR) is 88.2 cm³/mol. The van der Waals surface area contributed by atoms with Crippen molar-refractivity contribution in [2.75, 3.05) is 11.5 Å². The highest BCUT2D eigenvalue weighted by Crippen LogP contribution is 2.55. The van der Waals surface area contributed by atoms with Crippen molar-refractivity contribution in [1.29, 1.82) is 0 Å². The van der Waals surface area contributed by atoms with Crippen molar-refractivity contribution in [2.45, 2.75) is 16.6 Å². The molecule has 0 amide bonds. The van der Waals surface area contributed by atoms with E-state index in [2.05, 4.69) is 36.4 Å². The maximum Gasteiger partial charge on any atom is 0.137 e. The van der Waals surface area contributed by atoms with E-state index in [-0.39, 0.29) is 4.58 Å². The topological polar surface area (TPSA) is 20.2 Å². The van der Waals surface area contributed by atoms with Gasteiger partial charge in [-0.3, -0.25) is 0 Å². The number of thioether (sulfide) groups is 2. The van der Waals surface area contributed by atoms with E-state index in [1.807, 2.05) is 35.7 Å². The Morgan fingerprint density at radius 1 is 0.850 bits per heavy atom. The summed E-state index contributed by atoms with van der Waals surface area (Å²) in [5, 5.41) is 11.6. The van der Waals surface area contributed by atoms with Crippen molar-refractivity contribution in [1.82, 2.24) is 0 Å². The molecular weight excluding hydrogens is 284 g/mol. The number of benzene rings is 2. The number of rotatable bonds is 1. The van der Waals surface area contributed by atoms with Crippen LogP contribution in [0.25, 0.3) is 11.1 Å². The van der Waals surface area contributed by atoms with Crippen LogP contribution in [0.4, 0.5) is 0 Å². The van der Waals surface area contributed by atoms with Gasteiger partial charge in [-0.2, -0.15) is 0 Å². The molecular formula is C17H16OS2. The first-order valence-electron chi connectivity index (χ1n) is 6.97. The first-order valence-corrected chi connectivity index (χ1v) is 9.06. The summed E-state index contributed by atoms with van der Waals surface area (Å²) in [5.74, 6) is 2.29. The molecule has 0 radical (unpaired) electrons. The lowest BCUT2D eigenvalue weighted by Gasteiger charge is -2.36. The highest BCUT2D eigenvalue weighted by molar-refractivity contribution is 8.17. The standard InChI is InChI=1S/C17H16OS2/c18-17(16-19-10-5-11-20-16)14-8-3-1-6-12(14)13-7-2-4-9-15(13)17/h1-4,6-9,16,18H,5,10-11H2. The second kappa shape index (κ2) is 4.83. The molecule has 0 atom stereocenters. The third-order valence-electron chi connectivity index (χ3n) is 4.13. The lowest BCUT2D eigenvalue weighted by atomic mass is 9.93. The molecule has 4 rings (SSSR count). The fourth-order valence-corrected chi connectivity index (χ4v) is 6.41. The van der Waals surface area contributed by atoms with E-state index in [4.69, 9.17) is 0 Å². The second-order valence-electron chi connectivity index (χ2n) is 5.28. The normalized spacial score (nSPS) is 20.4. The Labute approximate surface area is 127 Å². The van der Waals surface area contributed by atoms with Crippen LogP contribution in [-0.4, -0.2) is 21.2 Å². The quantitative estimate of drug-likeness (QED) is 0.856. The van der Waals surface area contributed by atoms with Crippen molar-refractivity contribution in [3.8, 4) is 11.1 Å². The molecule has 0 unspecified atom stereocenters. The van der Waals surface area contributed by atoms with Crippen LogP contribution in [0, 0.1) is 0 Å². The average molecular weight is 300 g/mol. The Morgan fingerprint density at radius 2 is 1.35 bits per heavy atom. The summed E-state index contributed by atoms with van der Waals surface area (Å²) in [7, 11) is 0. The van der Waals surface area contributed by atoms with Crippen LogP contribution in [0.1, 0.15) is 17.5 Å². The third kappa shape index (κ3) is 1.70. The Morgan fingerprint density at radius 3 is 1.90 bits per heavy atom. The SMILES string of the molecule is OC1(C2SCCCS2)c2ccccc2-c2ccccc21. The molecule has 0 aromatic heterocycles. The van der Waals surface area contributed by atoms with Gasteiger partial charge in [-0.15, -0.1) is 23.5 Å². The van der Waals surface area contributed by atoms with Gasteiger partial charge in [0, 0.05) is 0 Å². The van der Waals surface area contributed by atoms with E-state index in [0.29, 0.717) is 0 Å². The van der Waals surface area contributed by atoms with Crippen LogP contribution in [0.5, 0.6) is 0 Å². The molecule has 1 aliphatic heterocycles. The molecule has 1 fully saturated rings. The van der Waals surface area contributed by atoms with E-state index in [9.17, 15) is 5.11 Å². The second-order valence-corrected chi connectivity index (χ2v) is 8.01. The van der Waals surface area contributed by atoms with Gasteiger partial charge >= 0.3 is 0 Å². The molecule has 20 heavy (non-hydrogen) atoms. The van der Waals surface area contributed by atoms with E-state index in [1.165, 1.54) is 17.5 Å². The van der Waals surface area contributed by atoms with Crippen LogP contribution >= 0.6 is 23.5 Å². The minimum atomic E-state index is -0.844. The molecule has 0 bridgehead atoms. The first kappa shape index (κ1) is 12.8. The highest BCUT2D eigenvalue weighted by Gasteiger charge is 2.48. The van der Waals surface area contributed by atoms with Gasteiger partial charge in [-0.1, -0.05) is 48.5 Å². The summed E-state index contributed by atoms with van der Waals surface area (Å²) in [6, 6.07) is 16.6. The lowest BCUT2D eigenvalue weighted by molar-refractivity contribution is 0.104. The van der Waals surface area contributed by atoms with Crippen molar-refractivity contribution in [3.63, 3.8) is 0 Å². The maximum absolute atomic E-state index is 11.6. The number of fused-ring (bicyclic) bond motifs is 3. The summed E-state index contributed by atoms with van der Waals surface area (Å²) in [4.78, 5) is 0. The van der Waals surface area contributed by atoms with Gasteiger partial charge < -0.3 is 5.11 Å². The smallest absolute Gasteiger partial charge is 0.137 e. The highest BCUT2D eigenvalue weighted by atomic mass is 32.2. The van der Waals surface area contributed by atoms with Gasteiger partial charge in [0.05, 0.1) is 4.58 Å². The zero-order valence-electron chi connectivity index (χ0n) is 11.1. The van der Waals surface area contributed by atoms with Crippen LogP contribution in [0.15, 0.2) is 48.5 Å². The molecule has 2 aromatic carbocycles. The minimum Gasteiger partial charge on any atom is -0.378 e. The van der Waals surface area contributed by atoms with Crippen LogP contribution in [0.3, 0.4) is 0 Å². The summed E-state index contributed by atoms with van der Waals surface area (Å²) in [6.45, 7) is 0. The minimum absolute atomic E-state index is 0.195. The molecule has 102 valence electrons. The van der Waals surface area contributed by atoms with Gasteiger partial charge in [-0.25, -0.2) is 0 Å². The van der Waals surface area contributed by atoms with Gasteiger partial charge in [-0.05, 0) is 40.2 Å². The largest absolute Gasteiger partial charge is 0.378 e. The van der Waals surface area contributed by atoms with Gasteiger partial charge in [0.15, 0.2) is 0 Å². The lowest BCUT2D eigenvalue weighted by Crippen LogP contribution is -2.36. The van der Waals surface area contributed by atoms with Crippen LogP contribution in [0.2, 0.25) is 0 Å². The molecule has 1 aliphatic carbocycles. The first-order chi connectivity index (χ1) is 9.82. The Bertz CT molecular complexity index is 601. The molecule has 0 spiro atoms. The monoisotopic (exact) mass is 300 g/mol. The van der Waals surface area contributed by atoms with Crippen molar-refractivity contribution < 1.29 is 5.11 Å². The molecule has 1 nitrogen and oxygen atoms in total. The number of aliphatic hydroxyl groups is 1. The van der Waals surface area contributed by atoms with Crippen molar-refractivity contribution in [3.05, 3.63) is 59.7 Å². The van der Waals surface area contributed by atoms with Gasteiger partial charge in [0.25, 0.3) is 0 Å². The molecule has 1 saturated heterocycles. The summed E-state index contributed by atoms with van der Waals surface area (Å²) >= 11 is 3.80.